The molecule has 1 aromatic rings. The molecule has 0 fully saturated rings. The molecular formula is C6H7NO2S. The highest BCUT2D eigenvalue weighted by Crippen LogP contribution is 2.26. The van der Waals surface area contributed by atoms with Crippen LogP contribution in [0.4, 0.5) is 5.69 Å². The van der Waals surface area contributed by atoms with E-state index in [1.54, 1.807) is 12.3 Å². The van der Waals surface area contributed by atoms with Crippen molar-refractivity contribution in [2.24, 2.45) is 0 Å². The van der Waals surface area contributed by atoms with Crippen LogP contribution in [0.15, 0.2) is 5.38 Å². The van der Waals surface area contributed by atoms with Crippen LogP contribution >= 0.6 is 11.3 Å². The van der Waals surface area contributed by atoms with Crippen LogP contribution in [-0.4, -0.2) is 4.92 Å². The van der Waals surface area contributed by atoms with Crippen molar-refractivity contribution in [2.45, 2.75) is 13.8 Å². The van der Waals surface area contributed by atoms with E-state index in [4.69, 9.17) is 0 Å². The average Bonchev–Trinajstić information content (AvgIpc) is 2.14. The van der Waals surface area contributed by atoms with Gasteiger partial charge in [-0.3, -0.25) is 10.1 Å². The van der Waals surface area contributed by atoms with Crippen LogP contribution in [0.3, 0.4) is 0 Å². The lowest BCUT2D eigenvalue weighted by molar-refractivity contribution is -0.385. The molecule has 0 radical (unpaired) electrons. The molecule has 1 heterocycles. The number of hydrogen-bond acceptors (Lipinski definition) is 3. The maximum Gasteiger partial charge on any atom is 0.283 e. The number of hydrogen-bond donors (Lipinski definition) is 0. The third kappa shape index (κ3) is 1.02. The molecule has 3 nitrogen and oxygen atoms in total. The Labute approximate surface area is 62.5 Å². The van der Waals surface area contributed by atoms with Gasteiger partial charge in [0.15, 0.2) is 0 Å². The fourth-order valence-electron chi connectivity index (χ4n) is 0.681. The topological polar surface area (TPSA) is 43.1 Å². The van der Waals surface area contributed by atoms with Gasteiger partial charge in [-0.25, -0.2) is 0 Å². The minimum atomic E-state index is -0.348. The molecule has 0 saturated carbocycles. The lowest BCUT2D eigenvalue weighted by Crippen LogP contribution is -1.86. The van der Waals surface area contributed by atoms with Gasteiger partial charge in [0.25, 0.3) is 5.69 Å². The van der Waals surface area contributed by atoms with Crippen LogP contribution in [-0.2, 0) is 0 Å². The molecule has 1 aromatic heterocycles. The highest BCUT2D eigenvalue weighted by atomic mass is 32.1. The third-order valence-electron chi connectivity index (χ3n) is 1.46. The van der Waals surface area contributed by atoms with Crippen LogP contribution < -0.4 is 0 Å². The quantitative estimate of drug-likeness (QED) is 0.463. The summed E-state index contributed by atoms with van der Waals surface area (Å²) >= 11 is 1.42. The van der Waals surface area contributed by atoms with E-state index in [-0.39, 0.29) is 10.6 Å². The molecule has 0 atom stereocenters. The third-order valence-corrected chi connectivity index (χ3v) is 2.46. The number of nitrogens with zero attached hydrogens (tertiary/aromatic N) is 1. The number of rotatable bonds is 1. The van der Waals surface area contributed by atoms with Crippen LogP contribution in [0.1, 0.15) is 10.4 Å². The molecule has 0 aliphatic carbocycles. The van der Waals surface area contributed by atoms with Crippen LogP contribution in [0.2, 0.25) is 0 Å². The molecule has 0 amide bonds. The smallest absolute Gasteiger partial charge is 0.258 e. The Bertz CT molecular complexity index is 267. The summed E-state index contributed by atoms with van der Waals surface area (Å²) in [4.78, 5) is 10.9. The molecule has 4 heteroatoms. The van der Waals surface area contributed by atoms with Gasteiger partial charge in [0.05, 0.1) is 10.3 Å². The van der Waals surface area contributed by atoms with Gasteiger partial charge >= 0.3 is 0 Å². The van der Waals surface area contributed by atoms with Crippen LogP contribution in [0.5, 0.6) is 0 Å². The highest BCUT2D eigenvalue weighted by molar-refractivity contribution is 7.10. The fourth-order valence-corrected chi connectivity index (χ4v) is 1.51. The van der Waals surface area contributed by atoms with Gasteiger partial charge in [0, 0.05) is 10.4 Å². The van der Waals surface area contributed by atoms with E-state index in [9.17, 15) is 10.1 Å². The van der Waals surface area contributed by atoms with Crippen molar-refractivity contribution < 1.29 is 4.92 Å². The lowest BCUT2D eigenvalue weighted by atomic mass is 10.3. The maximum absolute atomic E-state index is 10.2. The summed E-state index contributed by atoms with van der Waals surface area (Å²) in [7, 11) is 0. The standard InChI is InChI=1S/C6H7NO2S/c1-4-5(2)10-3-6(4)7(8)9/h3H,1-2H3. The van der Waals surface area contributed by atoms with Crippen molar-refractivity contribution in [3.05, 3.63) is 25.9 Å². The van der Waals surface area contributed by atoms with Gasteiger partial charge in [-0.05, 0) is 13.8 Å². The first kappa shape index (κ1) is 7.21. The molecule has 10 heavy (non-hydrogen) atoms. The van der Waals surface area contributed by atoms with Crippen molar-refractivity contribution in [1.29, 1.82) is 0 Å². The number of nitro groups is 1. The van der Waals surface area contributed by atoms with E-state index in [1.165, 1.54) is 11.3 Å². The van der Waals surface area contributed by atoms with E-state index in [0.29, 0.717) is 0 Å². The Morgan fingerprint density at radius 3 is 2.40 bits per heavy atom. The van der Waals surface area contributed by atoms with Crippen molar-refractivity contribution >= 4 is 17.0 Å². The molecule has 54 valence electrons. The summed E-state index contributed by atoms with van der Waals surface area (Å²) in [5, 5.41) is 11.8. The monoisotopic (exact) mass is 157 g/mol. The highest BCUT2D eigenvalue weighted by Gasteiger charge is 2.12. The van der Waals surface area contributed by atoms with Gasteiger partial charge < -0.3 is 0 Å². The number of aryl methyl sites for hydroxylation is 1. The zero-order chi connectivity index (χ0) is 7.72. The number of thiophene rings is 1. The first-order valence-electron chi connectivity index (χ1n) is 2.82. The molecule has 0 unspecified atom stereocenters. The SMILES string of the molecule is Cc1scc([N+](=O)[O-])c1C. The second-order valence-corrected chi connectivity index (χ2v) is 3.14. The van der Waals surface area contributed by atoms with E-state index < -0.39 is 0 Å². The van der Waals surface area contributed by atoms with Crippen molar-refractivity contribution in [3.8, 4) is 0 Å². The Balaban J connectivity index is 3.17. The summed E-state index contributed by atoms with van der Waals surface area (Å²) < 4.78 is 0. The predicted octanol–water partition coefficient (Wildman–Crippen LogP) is 2.27. The van der Waals surface area contributed by atoms with Crippen molar-refractivity contribution in [1.82, 2.24) is 0 Å². The van der Waals surface area contributed by atoms with Crippen molar-refractivity contribution in [2.75, 3.05) is 0 Å². The molecule has 0 aliphatic heterocycles. The minimum Gasteiger partial charge on any atom is -0.258 e. The summed E-state index contributed by atoms with van der Waals surface area (Å²) in [5.41, 5.74) is 1.03. The van der Waals surface area contributed by atoms with Gasteiger partial charge in [-0.1, -0.05) is 0 Å². The molecule has 0 aromatic carbocycles. The van der Waals surface area contributed by atoms with Crippen LogP contribution in [0, 0.1) is 24.0 Å². The molecule has 0 aliphatic rings. The van der Waals surface area contributed by atoms with E-state index in [1.807, 2.05) is 6.92 Å². The normalized spacial score (nSPS) is 9.80. The van der Waals surface area contributed by atoms with Gasteiger partial charge in [-0.15, -0.1) is 11.3 Å². The van der Waals surface area contributed by atoms with Crippen LogP contribution in [0.25, 0.3) is 0 Å². The largest absolute Gasteiger partial charge is 0.283 e. The first-order chi connectivity index (χ1) is 4.63. The second kappa shape index (κ2) is 2.38. The molecular weight excluding hydrogens is 150 g/mol. The lowest BCUT2D eigenvalue weighted by Gasteiger charge is -1.87. The molecule has 0 saturated heterocycles. The zero-order valence-corrected chi connectivity index (χ0v) is 6.57. The zero-order valence-electron chi connectivity index (χ0n) is 5.75. The van der Waals surface area contributed by atoms with Gasteiger partial charge in [0.2, 0.25) is 0 Å². The average molecular weight is 157 g/mol. The summed E-state index contributed by atoms with van der Waals surface area (Å²) in [6, 6.07) is 0. The Morgan fingerprint density at radius 2 is 2.20 bits per heavy atom. The molecule has 0 N–H and O–H groups in total. The van der Waals surface area contributed by atoms with Crippen molar-refractivity contribution in [3.63, 3.8) is 0 Å². The fraction of sp³-hybridized carbons (Fsp3) is 0.333. The minimum absolute atomic E-state index is 0.238. The summed E-state index contributed by atoms with van der Waals surface area (Å²) in [6.45, 7) is 3.65. The van der Waals surface area contributed by atoms with E-state index in [0.717, 1.165) is 10.4 Å². The molecule has 0 spiro atoms. The molecule has 1 rings (SSSR count). The Kier molecular flexibility index (Phi) is 1.72. The predicted molar refractivity (Wildman–Crippen MR) is 40.4 cm³/mol. The van der Waals surface area contributed by atoms with E-state index in [2.05, 4.69) is 0 Å². The molecule has 0 bridgehead atoms. The van der Waals surface area contributed by atoms with E-state index >= 15 is 0 Å². The van der Waals surface area contributed by atoms with Gasteiger partial charge in [0.1, 0.15) is 0 Å². The van der Waals surface area contributed by atoms with Gasteiger partial charge in [-0.2, -0.15) is 0 Å². The Morgan fingerprint density at radius 1 is 1.60 bits per heavy atom. The maximum atomic E-state index is 10.2. The summed E-state index contributed by atoms with van der Waals surface area (Å²) in [5.74, 6) is 0. The second-order valence-electron chi connectivity index (χ2n) is 2.06. The first-order valence-corrected chi connectivity index (χ1v) is 3.70. The summed E-state index contributed by atoms with van der Waals surface area (Å²) in [6.07, 6.45) is 0. The Hall–Kier alpha value is -0.900.